The zero-order valence-electron chi connectivity index (χ0n) is 11.9. The Labute approximate surface area is 125 Å². The number of carbonyl (C=O) groups is 1. The minimum atomic E-state index is 0.253. The van der Waals surface area contributed by atoms with Gasteiger partial charge in [-0.2, -0.15) is 11.8 Å². The number of thioether (sulfide) groups is 1. The maximum atomic E-state index is 12.0. The van der Waals surface area contributed by atoms with Crippen molar-refractivity contribution in [1.29, 1.82) is 0 Å². The molecule has 20 heavy (non-hydrogen) atoms. The second-order valence-corrected chi connectivity index (χ2v) is 7.24. The molecular formula is C17H23NOS. The lowest BCUT2D eigenvalue weighted by atomic mass is 9.95. The molecule has 3 rings (SSSR count). The van der Waals surface area contributed by atoms with E-state index < -0.39 is 0 Å². The summed E-state index contributed by atoms with van der Waals surface area (Å²) in [5.74, 6) is 3.85. The molecule has 0 saturated heterocycles. The van der Waals surface area contributed by atoms with Crippen molar-refractivity contribution in [3.8, 4) is 0 Å². The Kier molecular flexibility index (Phi) is 4.66. The van der Waals surface area contributed by atoms with Gasteiger partial charge in [0.15, 0.2) is 0 Å². The summed E-state index contributed by atoms with van der Waals surface area (Å²) < 4.78 is 0. The Morgan fingerprint density at radius 3 is 2.75 bits per heavy atom. The highest BCUT2D eigenvalue weighted by molar-refractivity contribution is 7.98. The van der Waals surface area contributed by atoms with E-state index in [4.69, 9.17) is 0 Å². The second-order valence-electron chi connectivity index (χ2n) is 6.14. The van der Waals surface area contributed by atoms with Gasteiger partial charge in [-0.05, 0) is 36.7 Å². The Hall–Kier alpha value is -0.960. The van der Waals surface area contributed by atoms with Gasteiger partial charge in [-0.15, -0.1) is 0 Å². The molecule has 1 aromatic rings. The normalized spacial score (nSPS) is 27.7. The van der Waals surface area contributed by atoms with Gasteiger partial charge < -0.3 is 5.32 Å². The highest BCUT2D eigenvalue weighted by Crippen LogP contribution is 2.44. The van der Waals surface area contributed by atoms with Crippen molar-refractivity contribution in [2.45, 2.75) is 43.9 Å². The van der Waals surface area contributed by atoms with Gasteiger partial charge in [0.25, 0.3) is 0 Å². The fourth-order valence-electron chi connectivity index (χ4n) is 3.63. The van der Waals surface area contributed by atoms with Crippen molar-refractivity contribution >= 4 is 17.7 Å². The molecule has 0 heterocycles. The number of hydrogen-bond acceptors (Lipinski definition) is 2. The average molecular weight is 289 g/mol. The molecule has 2 aliphatic rings. The second kappa shape index (κ2) is 6.66. The van der Waals surface area contributed by atoms with Gasteiger partial charge >= 0.3 is 0 Å². The third-order valence-corrected chi connectivity index (χ3v) is 5.70. The standard InChI is InChI=1S/C17H23NOS/c19-17(18-16-11-14-6-7-15(16)10-14)8-9-20-12-13-4-2-1-3-5-13/h1-5,14-16H,6-12H2,(H,18,19). The van der Waals surface area contributed by atoms with Gasteiger partial charge in [0.1, 0.15) is 0 Å². The highest BCUT2D eigenvalue weighted by atomic mass is 32.2. The molecule has 1 amide bonds. The van der Waals surface area contributed by atoms with E-state index in [0.717, 1.165) is 23.3 Å². The van der Waals surface area contributed by atoms with Crippen LogP contribution in [0, 0.1) is 11.8 Å². The van der Waals surface area contributed by atoms with Crippen molar-refractivity contribution in [3.63, 3.8) is 0 Å². The van der Waals surface area contributed by atoms with Crippen molar-refractivity contribution in [2.24, 2.45) is 11.8 Å². The van der Waals surface area contributed by atoms with Gasteiger partial charge in [-0.1, -0.05) is 36.8 Å². The van der Waals surface area contributed by atoms with Crippen LogP contribution in [0.15, 0.2) is 30.3 Å². The largest absolute Gasteiger partial charge is 0.353 e. The van der Waals surface area contributed by atoms with Gasteiger partial charge in [0.2, 0.25) is 5.91 Å². The van der Waals surface area contributed by atoms with Crippen LogP contribution in [-0.2, 0) is 10.5 Å². The Morgan fingerprint density at radius 1 is 1.20 bits per heavy atom. The molecular weight excluding hydrogens is 266 g/mol. The molecule has 3 heteroatoms. The van der Waals surface area contributed by atoms with Crippen LogP contribution in [0.5, 0.6) is 0 Å². The summed E-state index contributed by atoms with van der Waals surface area (Å²) in [6.45, 7) is 0. The fourth-order valence-corrected chi connectivity index (χ4v) is 4.53. The van der Waals surface area contributed by atoms with Crippen molar-refractivity contribution in [1.82, 2.24) is 5.32 Å². The van der Waals surface area contributed by atoms with Crippen molar-refractivity contribution in [2.75, 3.05) is 5.75 Å². The minimum Gasteiger partial charge on any atom is -0.353 e. The molecule has 1 N–H and O–H groups in total. The van der Waals surface area contributed by atoms with Crippen LogP contribution in [0.25, 0.3) is 0 Å². The van der Waals surface area contributed by atoms with E-state index in [1.165, 1.54) is 31.2 Å². The number of nitrogens with one attached hydrogen (secondary N) is 1. The molecule has 2 fully saturated rings. The molecule has 0 radical (unpaired) electrons. The quantitative estimate of drug-likeness (QED) is 0.811. The number of hydrogen-bond donors (Lipinski definition) is 1. The molecule has 1 aromatic carbocycles. The van der Waals surface area contributed by atoms with Gasteiger partial charge in [-0.25, -0.2) is 0 Å². The van der Waals surface area contributed by atoms with E-state index in [1.807, 2.05) is 17.8 Å². The van der Waals surface area contributed by atoms with Crippen LogP contribution >= 0.6 is 11.8 Å². The molecule has 3 unspecified atom stereocenters. The van der Waals surface area contributed by atoms with Gasteiger partial charge in [0, 0.05) is 24.0 Å². The first-order valence-electron chi connectivity index (χ1n) is 7.72. The van der Waals surface area contributed by atoms with E-state index in [-0.39, 0.29) is 5.91 Å². The lowest BCUT2D eigenvalue weighted by Crippen LogP contribution is -2.38. The minimum absolute atomic E-state index is 0.253. The Morgan fingerprint density at radius 2 is 2.05 bits per heavy atom. The van der Waals surface area contributed by atoms with Crippen LogP contribution in [0.1, 0.15) is 37.7 Å². The van der Waals surface area contributed by atoms with E-state index in [9.17, 15) is 4.79 Å². The number of rotatable bonds is 6. The molecule has 2 saturated carbocycles. The predicted octanol–water partition coefficient (Wildman–Crippen LogP) is 3.61. The third-order valence-electron chi connectivity index (χ3n) is 4.67. The Balaban J connectivity index is 1.32. The summed E-state index contributed by atoms with van der Waals surface area (Å²) >= 11 is 1.85. The van der Waals surface area contributed by atoms with E-state index in [0.29, 0.717) is 12.5 Å². The zero-order valence-corrected chi connectivity index (χ0v) is 12.7. The predicted molar refractivity (Wildman–Crippen MR) is 84.6 cm³/mol. The first kappa shape index (κ1) is 14.0. The van der Waals surface area contributed by atoms with Crippen LogP contribution in [0.2, 0.25) is 0 Å². The summed E-state index contributed by atoms with van der Waals surface area (Å²) in [5, 5.41) is 3.26. The van der Waals surface area contributed by atoms with E-state index in [1.54, 1.807) is 0 Å². The highest BCUT2D eigenvalue weighted by Gasteiger charge is 2.39. The smallest absolute Gasteiger partial charge is 0.221 e. The summed E-state index contributed by atoms with van der Waals surface area (Å²) in [6.07, 6.45) is 5.97. The first-order chi connectivity index (χ1) is 9.81. The topological polar surface area (TPSA) is 29.1 Å². The molecule has 2 nitrogen and oxygen atoms in total. The Bertz CT molecular complexity index is 448. The SMILES string of the molecule is O=C(CCSCc1ccccc1)NC1CC2CCC1C2. The van der Waals surface area contributed by atoms with Gasteiger partial charge in [-0.3, -0.25) is 4.79 Å². The summed E-state index contributed by atoms with van der Waals surface area (Å²) in [5.41, 5.74) is 1.34. The van der Waals surface area contributed by atoms with E-state index >= 15 is 0 Å². The van der Waals surface area contributed by atoms with Crippen LogP contribution in [0.4, 0.5) is 0 Å². The van der Waals surface area contributed by atoms with Gasteiger partial charge in [0.05, 0.1) is 0 Å². The average Bonchev–Trinajstić information content (AvgIpc) is 3.07. The van der Waals surface area contributed by atoms with Crippen LogP contribution in [0.3, 0.4) is 0 Å². The number of fused-ring (bicyclic) bond motifs is 2. The molecule has 0 spiro atoms. The maximum Gasteiger partial charge on any atom is 0.221 e. The van der Waals surface area contributed by atoms with Crippen LogP contribution in [-0.4, -0.2) is 17.7 Å². The molecule has 0 aromatic heterocycles. The fraction of sp³-hybridized carbons (Fsp3) is 0.588. The number of carbonyl (C=O) groups excluding carboxylic acids is 1. The first-order valence-corrected chi connectivity index (χ1v) is 8.88. The molecule has 0 aliphatic heterocycles. The molecule has 2 bridgehead atoms. The molecule has 108 valence electrons. The van der Waals surface area contributed by atoms with E-state index in [2.05, 4.69) is 29.6 Å². The summed E-state index contributed by atoms with van der Waals surface area (Å²) in [6, 6.07) is 10.9. The lowest BCUT2D eigenvalue weighted by molar-refractivity contribution is -0.121. The zero-order chi connectivity index (χ0) is 13.8. The van der Waals surface area contributed by atoms with Crippen LogP contribution < -0.4 is 5.32 Å². The summed E-state index contributed by atoms with van der Waals surface area (Å²) in [4.78, 5) is 12.0. The maximum absolute atomic E-state index is 12.0. The molecule has 3 atom stereocenters. The lowest BCUT2D eigenvalue weighted by Gasteiger charge is -2.22. The number of amides is 1. The van der Waals surface area contributed by atoms with Crippen molar-refractivity contribution < 1.29 is 4.79 Å². The summed E-state index contributed by atoms with van der Waals surface area (Å²) in [7, 11) is 0. The third kappa shape index (κ3) is 3.57. The number of benzene rings is 1. The molecule has 2 aliphatic carbocycles. The van der Waals surface area contributed by atoms with Crippen molar-refractivity contribution in [3.05, 3.63) is 35.9 Å². The monoisotopic (exact) mass is 289 g/mol.